The molecule has 0 radical (unpaired) electrons. The average Bonchev–Trinajstić information content (AvgIpc) is 2.86. The smallest absolute Gasteiger partial charge is 0.174 e. The number of hydrazine groups is 1. The first-order valence-electron chi connectivity index (χ1n) is 5.83. The van der Waals surface area contributed by atoms with Gasteiger partial charge in [0.05, 0.1) is 12.3 Å². The van der Waals surface area contributed by atoms with E-state index in [0.717, 1.165) is 21.9 Å². The van der Waals surface area contributed by atoms with Crippen LogP contribution in [-0.2, 0) is 0 Å². The molecular weight excluding hydrogens is 306 g/mol. The number of halogens is 1. The number of hydrogen-bond donors (Lipinski definition) is 2. The fraction of sp³-hybridized carbons (Fsp3) is 0.0714. The number of rotatable bonds is 3. The Bertz CT molecular complexity index is 705. The number of hydrogen-bond acceptors (Lipinski definition) is 4. The van der Waals surface area contributed by atoms with Crippen LogP contribution in [0.1, 0.15) is 17.2 Å². The Kier molecular flexibility index (Phi) is 3.33. The summed E-state index contributed by atoms with van der Waals surface area (Å²) in [4.78, 5) is 4.14. The zero-order valence-electron chi connectivity index (χ0n) is 10.0. The lowest BCUT2D eigenvalue weighted by molar-refractivity contribution is 0.527. The molecule has 3 N–H and O–H groups in total. The zero-order chi connectivity index (χ0) is 13.2. The molecule has 4 nitrogen and oxygen atoms in total. The van der Waals surface area contributed by atoms with E-state index in [-0.39, 0.29) is 6.04 Å². The first-order chi connectivity index (χ1) is 9.31. The van der Waals surface area contributed by atoms with Crippen molar-refractivity contribution in [3.8, 4) is 0 Å². The second-order valence-corrected chi connectivity index (χ2v) is 4.91. The molecule has 0 aliphatic heterocycles. The lowest BCUT2D eigenvalue weighted by Crippen LogP contribution is -2.28. The van der Waals surface area contributed by atoms with Gasteiger partial charge in [-0.05, 0) is 39.0 Å². The average molecular weight is 318 g/mol. The molecule has 19 heavy (non-hydrogen) atoms. The third-order valence-electron chi connectivity index (χ3n) is 3.15. The molecule has 2 aromatic heterocycles. The normalized spacial score (nSPS) is 12.7. The predicted octanol–water partition coefficient (Wildman–Crippen LogP) is 3.14. The molecule has 3 aromatic rings. The Balaban J connectivity index is 2.20. The van der Waals surface area contributed by atoms with Gasteiger partial charge in [0.25, 0.3) is 0 Å². The molecule has 1 aromatic carbocycles. The van der Waals surface area contributed by atoms with Crippen LogP contribution in [0.4, 0.5) is 0 Å². The molecule has 0 bridgehead atoms. The molecule has 0 aliphatic rings. The highest BCUT2D eigenvalue weighted by Crippen LogP contribution is 2.32. The van der Waals surface area contributed by atoms with Crippen LogP contribution in [0.25, 0.3) is 10.8 Å². The van der Waals surface area contributed by atoms with Crippen LogP contribution < -0.4 is 11.3 Å². The van der Waals surface area contributed by atoms with Crippen molar-refractivity contribution in [1.29, 1.82) is 0 Å². The minimum atomic E-state index is -0.140. The van der Waals surface area contributed by atoms with Crippen LogP contribution in [0, 0.1) is 0 Å². The van der Waals surface area contributed by atoms with E-state index in [4.69, 9.17) is 10.3 Å². The molecule has 1 atom stereocenters. The van der Waals surface area contributed by atoms with Gasteiger partial charge in [0.15, 0.2) is 4.67 Å². The van der Waals surface area contributed by atoms with Gasteiger partial charge in [-0.2, -0.15) is 0 Å². The van der Waals surface area contributed by atoms with Crippen molar-refractivity contribution < 1.29 is 4.42 Å². The van der Waals surface area contributed by atoms with E-state index in [1.165, 1.54) is 0 Å². The standard InChI is InChI=1S/C14H12BrN3O/c15-14-12(5-7-19-14)13(18-16)11-3-1-2-9-8-17-6-4-10(9)11/h1-8,13,18H,16H2. The number of nitrogens with zero attached hydrogens (tertiary/aromatic N) is 1. The Labute approximate surface area is 118 Å². The Morgan fingerprint density at radius 1 is 1.21 bits per heavy atom. The van der Waals surface area contributed by atoms with Crippen LogP contribution in [0.2, 0.25) is 0 Å². The fourth-order valence-electron chi connectivity index (χ4n) is 2.26. The summed E-state index contributed by atoms with van der Waals surface area (Å²) in [5.74, 6) is 5.73. The molecule has 0 amide bonds. The maximum absolute atomic E-state index is 5.73. The van der Waals surface area contributed by atoms with E-state index in [1.807, 2.05) is 36.5 Å². The minimum absolute atomic E-state index is 0.140. The molecule has 2 heterocycles. The number of aromatic nitrogens is 1. The van der Waals surface area contributed by atoms with Gasteiger partial charge in [-0.25, -0.2) is 5.43 Å². The van der Waals surface area contributed by atoms with Crippen molar-refractivity contribution in [3.63, 3.8) is 0 Å². The van der Waals surface area contributed by atoms with E-state index in [9.17, 15) is 0 Å². The van der Waals surface area contributed by atoms with Gasteiger partial charge in [0.2, 0.25) is 0 Å². The van der Waals surface area contributed by atoms with Gasteiger partial charge in [-0.15, -0.1) is 0 Å². The number of nitrogens with two attached hydrogens (primary N) is 1. The second-order valence-electron chi connectivity index (χ2n) is 4.19. The van der Waals surface area contributed by atoms with Gasteiger partial charge in [-0.1, -0.05) is 18.2 Å². The van der Waals surface area contributed by atoms with Crippen molar-refractivity contribution in [1.82, 2.24) is 10.4 Å². The first-order valence-corrected chi connectivity index (χ1v) is 6.62. The van der Waals surface area contributed by atoms with Crippen LogP contribution in [0.5, 0.6) is 0 Å². The predicted molar refractivity (Wildman–Crippen MR) is 77.3 cm³/mol. The highest BCUT2D eigenvalue weighted by Gasteiger charge is 2.19. The molecule has 5 heteroatoms. The van der Waals surface area contributed by atoms with Gasteiger partial charge >= 0.3 is 0 Å². The Morgan fingerprint density at radius 2 is 2.11 bits per heavy atom. The van der Waals surface area contributed by atoms with Crippen LogP contribution in [-0.4, -0.2) is 4.98 Å². The van der Waals surface area contributed by atoms with Crippen LogP contribution >= 0.6 is 15.9 Å². The summed E-state index contributed by atoms with van der Waals surface area (Å²) in [5, 5.41) is 2.20. The fourth-order valence-corrected chi connectivity index (χ4v) is 2.73. The quantitative estimate of drug-likeness (QED) is 0.575. The Hall–Kier alpha value is -1.69. The number of fused-ring (bicyclic) bond motifs is 1. The van der Waals surface area contributed by atoms with Crippen molar-refractivity contribution >= 4 is 26.7 Å². The summed E-state index contributed by atoms with van der Waals surface area (Å²) in [6, 6.07) is 9.82. The molecule has 1 unspecified atom stereocenters. The number of pyridine rings is 1. The summed E-state index contributed by atoms with van der Waals surface area (Å²) >= 11 is 3.39. The summed E-state index contributed by atoms with van der Waals surface area (Å²) in [6.45, 7) is 0. The molecule has 0 aliphatic carbocycles. The molecule has 0 spiro atoms. The largest absolute Gasteiger partial charge is 0.457 e. The highest BCUT2D eigenvalue weighted by atomic mass is 79.9. The van der Waals surface area contributed by atoms with E-state index in [0.29, 0.717) is 4.67 Å². The van der Waals surface area contributed by atoms with Gasteiger partial charge in [-0.3, -0.25) is 10.8 Å². The second kappa shape index (κ2) is 5.13. The molecule has 0 saturated carbocycles. The van der Waals surface area contributed by atoms with Crippen molar-refractivity contribution in [2.45, 2.75) is 6.04 Å². The van der Waals surface area contributed by atoms with Crippen LogP contribution in [0.15, 0.2) is 58.1 Å². The van der Waals surface area contributed by atoms with Gasteiger partial charge in [0.1, 0.15) is 0 Å². The number of nitrogens with one attached hydrogen (secondary N) is 1. The van der Waals surface area contributed by atoms with Crippen molar-refractivity contribution in [3.05, 3.63) is 64.8 Å². The number of furan rings is 1. The lowest BCUT2D eigenvalue weighted by atomic mass is 9.96. The first kappa shape index (κ1) is 12.3. The summed E-state index contributed by atoms with van der Waals surface area (Å²) in [6.07, 6.45) is 5.26. The highest BCUT2D eigenvalue weighted by molar-refractivity contribution is 9.10. The number of benzene rings is 1. The van der Waals surface area contributed by atoms with Crippen molar-refractivity contribution in [2.75, 3.05) is 0 Å². The molecular formula is C14H12BrN3O. The van der Waals surface area contributed by atoms with E-state index in [2.05, 4.69) is 26.3 Å². The van der Waals surface area contributed by atoms with E-state index < -0.39 is 0 Å². The molecule has 96 valence electrons. The third-order valence-corrected chi connectivity index (χ3v) is 3.79. The van der Waals surface area contributed by atoms with Gasteiger partial charge < -0.3 is 4.42 Å². The monoisotopic (exact) mass is 317 g/mol. The maximum atomic E-state index is 5.73. The summed E-state index contributed by atoms with van der Waals surface area (Å²) < 4.78 is 5.97. The Morgan fingerprint density at radius 3 is 2.84 bits per heavy atom. The maximum Gasteiger partial charge on any atom is 0.174 e. The summed E-state index contributed by atoms with van der Waals surface area (Å²) in [7, 11) is 0. The third kappa shape index (κ3) is 2.16. The minimum Gasteiger partial charge on any atom is -0.457 e. The van der Waals surface area contributed by atoms with E-state index >= 15 is 0 Å². The van der Waals surface area contributed by atoms with Gasteiger partial charge in [0, 0.05) is 23.3 Å². The van der Waals surface area contributed by atoms with Crippen molar-refractivity contribution in [2.24, 2.45) is 5.84 Å². The summed E-state index contributed by atoms with van der Waals surface area (Å²) in [5.41, 5.74) is 4.90. The van der Waals surface area contributed by atoms with Crippen LogP contribution in [0.3, 0.4) is 0 Å². The topological polar surface area (TPSA) is 64.1 Å². The molecule has 0 saturated heterocycles. The van der Waals surface area contributed by atoms with E-state index in [1.54, 1.807) is 12.5 Å². The molecule has 0 fully saturated rings. The lowest BCUT2D eigenvalue weighted by Gasteiger charge is -2.17. The molecule has 3 rings (SSSR count). The SMILES string of the molecule is NNC(c1ccoc1Br)c1cccc2cnccc12. The zero-order valence-corrected chi connectivity index (χ0v) is 11.6.